The molecule has 1 saturated heterocycles. The Balaban J connectivity index is 1.26. The predicted molar refractivity (Wildman–Crippen MR) is 124 cm³/mol. The molecule has 1 aliphatic carbocycles. The maximum Gasteiger partial charge on any atom is 0.230 e. The van der Waals surface area contributed by atoms with Gasteiger partial charge < -0.3 is 19.5 Å². The van der Waals surface area contributed by atoms with E-state index in [-0.39, 0.29) is 11.8 Å². The zero-order valence-electron chi connectivity index (χ0n) is 18.9. The smallest absolute Gasteiger partial charge is 0.230 e. The van der Waals surface area contributed by atoms with Crippen LogP contribution in [-0.4, -0.2) is 41.2 Å². The van der Waals surface area contributed by atoms with E-state index < -0.39 is 0 Å². The van der Waals surface area contributed by atoms with Gasteiger partial charge in [0.15, 0.2) is 0 Å². The molecular formula is C25H29N5O3. The van der Waals surface area contributed by atoms with Gasteiger partial charge >= 0.3 is 0 Å². The largest absolute Gasteiger partial charge is 0.497 e. The van der Waals surface area contributed by atoms with E-state index in [1.54, 1.807) is 13.3 Å². The number of benzene rings is 1. The molecule has 0 radical (unpaired) electrons. The third kappa shape index (κ3) is 4.69. The molecule has 8 nitrogen and oxygen atoms in total. The lowest BCUT2D eigenvalue weighted by atomic mass is 9.85. The monoisotopic (exact) mass is 447 g/mol. The summed E-state index contributed by atoms with van der Waals surface area (Å²) in [6.45, 7) is 1.96. The summed E-state index contributed by atoms with van der Waals surface area (Å²) in [6, 6.07) is 11.6. The Kier molecular flexibility index (Phi) is 6.24. The highest BCUT2D eigenvalue weighted by Crippen LogP contribution is 2.37. The molecule has 33 heavy (non-hydrogen) atoms. The van der Waals surface area contributed by atoms with Gasteiger partial charge in [-0.15, -0.1) is 0 Å². The van der Waals surface area contributed by atoms with Crippen molar-refractivity contribution in [3.8, 4) is 17.1 Å². The Bertz CT molecular complexity index is 1090. The number of carbonyl (C=O) groups excluding carboxylic acids is 1. The first kappa shape index (κ1) is 21.4. The molecule has 1 amide bonds. The third-order valence-electron chi connectivity index (χ3n) is 6.64. The first-order valence-electron chi connectivity index (χ1n) is 11.7. The average molecular weight is 448 g/mol. The highest BCUT2D eigenvalue weighted by atomic mass is 16.5. The van der Waals surface area contributed by atoms with Gasteiger partial charge in [0, 0.05) is 31.7 Å². The number of nitrogens with one attached hydrogen (secondary N) is 1. The number of methoxy groups -OCH3 is 1. The quantitative estimate of drug-likeness (QED) is 0.586. The van der Waals surface area contributed by atoms with Crippen LogP contribution in [-0.2, 0) is 11.3 Å². The third-order valence-corrected chi connectivity index (χ3v) is 6.64. The molecule has 1 unspecified atom stereocenters. The average Bonchev–Trinajstić information content (AvgIpc) is 3.31. The van der Waals surface area contributed by atoms with Crippen LogP contribution in [0.2, 0.25) is 0 Å². The number of hydrogen-bond donors (Lipinski definition) is 1. The lowest BCUT2D eigenvalue weighted by Gasteiger charge is -2.33. The van der Waals surface area contributed by atoms with Crippen LogP contribution in [0.15, 0.2) is 47.1 Å². The van der Waals surface area contributed by atoms with E-state index >= 15 is 0 Å². The second-order valence-corrected chi connectivity index (χ2v) is 8.81. The Hall–Kier alpha value is -3.42. The van der Waals surface area contributed by atoms with Gasteiger partial charge in [-0.2, -0.15) is 4.98 Å². The van der Waals surface area contributed by atoms with Gasteiger partial charge in [0.2, 0.25) is 17.6 Å². The second-order valence-electron chi connectivity index (χ2n) is 8.81. The summed E-state index contributed by atoms with van der Waals surface area (Å²) in [4.78, 5) is 24.4. The van der Waals surface area contributed by atoms with E-state index in [2.05, 4.69) is 25.3 Å². The van der Waals surface area contributed by atoms with E-state index in [1.807, 2.05) is 36.4 Å². The molecule has 0 bridgehead atoms. The van der Waals surface area contributed by atoms with Crippen molar-refractivity contribution in [3.63, 3.8) is 0 Å². The molecule has 1 N–H and O–H groups in total. The summed E-state index contributed by atoms with van der Waals surface area (Å²) >= 11 is 0. The summed E-state index contributed by atoms with van der Waals surface area (Å²) in [5.74, 6) is 3.28. The summed E-state index contributed by atoms with van der Waals surface area (Å²) in [5, 5.41) is 7.32. The number of amides is 1. The van der Waals surface area contributed by atoms with Crippen LogP contribution < -0.4 is 15.0 Å². The number of pyridine rings is 1. The van der Waals surface area contributed by atoms with E-state index in [0.29, 0.717) is 24.8 Å². The fourth-order valence-electron chi connectivity index (χ4n) is 4.45. The zero-order valence-corrected chi connectivity index (χ0v) is 18.9. The van der Waals surface area contributed by atoms with Crippen molar-refractivity contribution in [1.29, 1.82) is 0 Å². The molecule has 1 aromatic carbocycles. The van der Waals surface area contributed by atoms with Crippen LogP contribution in [0.3, 0.4) is 0 Å². The molecule has 2 aromatic heterocycles. The molecule has 1 atom stereocenters. The molecular weight excluding hydrogens is 418 g/mol. The molecule has 3 aromatic rings. The molecule has 1 saturated carbocycles. The van der Waals surface area contributed by atoms with Crippen LogP contribution in [0.5, 0.6) is 5.75 Å². The lowest BCUT2D eigenvalue weighted by molar-refractivity contribution is -0.125. The molecule has 1 aliphatic heterocycles. The summed E-state index contributed by atoms with van der Waals surface area (Å²) < 4.78 is 10.7. The van der Waals surface area contributed by atoms with Crippen LogP contribution in [0.1, 0.15) is 49.5 Å². The van der Waals surface area contributed by atoms with Crippen molar-refractivity contribution in [2.24, 2.45) is 5.92 Å². The van der Waals surface area contributed by atoms with Gasteiger partial charge in [0.1, 0.15) is 11.6 Å². The maximum atomic E-state index is 12.9. The molecule has 0 spiro atoms. The van der Waals surface area contributed by atoms with Gasteiger partial charge in [-0.1, -0.05) is 23.7 Å². The SMILES string of the molecule is COc1ccc(CNC(=O)C2CCCN(c3ncccc3-c3noc(C4CCC4)n3)C2)cc1. The number of hydrogen-bond acceptors (Lipinski definition) is 7. The molecule has 2 fully saturated rings. The number of rotatable bonds is 7. The summed E-state index contributed by atoms with van der Waals surface area (Å²) in [7, 11) is 1.64. The fourth-order valence-corrected chi connectivity index (χ4v) is 4.45. The van der Waals surface area contributed by atoms with Crippen LogP contribution in [0.25, 0.3) is 11.4 Å². The standard InChI is InChI=1S/C25H29N5O3/c1-32-20-11-9-17(10-12-20)15-27-24(31)19-7-4-14-30(16-19)23-21(8-3-13-26-23)22-28-25(33-29-22)18-5-2-6-18/h3,8-13,18-19H,2,4-7,14-16H2,1H3,(H,27,31). The number of piperidine rings is 1. The van der Waals surface area contributed by atoms with Gasteiger partial charge in [-0.25, -0.2) is 4.98 Å². The van der Waals surface area contributed by atoms with Crippen molar-refractivity contribution in [2.45, 2.75) is 44.6 Å². The van der Waals surface area contributed by atoms with Crippen molar-refractivity contribution in [1.82, 2.24) is 20.4 Å². The van der Waals surface area contributed by atoms with E-state index in [9.17, 15) is 4.79 Å². The Morgan fingerprint density at radius 2 is 2.03 bits per heavy atom. The number of anilines is 1. The minimum Gasteiger partial charge on any atom is -0.497 e. The highest BCUT2D eigenvalue weighted by molar-refractivity contribution is 5.80. The fraction of sp³-hybridized carbons (Fsp3) is 0.440. The van der Waals surface area contributed by atoms with E-state index in [1.165, 1.54) is 6.42 Å². The van der Waals surface area contributed by atoms with Crippen molar-refractivity contribution < 1.29 is 14.1 Å². The number of ether oxygens (including phenoxy) is 1. The normalized spacial score (nSPS) is 18.6. The van der Waals surface area contributed by atoms with Crippen LogP contribution in [0, 0.1) is 5.92 Å². The van der Waals surface area contributed by atoms with Gasteiger partial charge in [0.25, 0.3) is 0 Å². The topological polar surface area (TPSA) is 93.4 Å². The van der Waals surface area contributed by atoms with E-state index in [0.717, 1.165) is 60.8 Å². The number of aromatic nitrogens is 3. The minimum atomic E-state index is -0.0948. The Labute approximate surface area is 193 Å². The number of nitrogens with zero attached hydrogens (tertiary/aromatic N) is 4. The van der Waals surface area contributed by atoms with Crippen LogP contribution in [0.4, 0.5) is 5.82 Å². The predicted octanol–water partition coefficient (Wildman–Crippen LogP) is 3.94. The first-order valence-corrected chi connectivity index (χ1v) is 11.7. The van der Waals surface area contributed by atoms with Gasteiger partial charge in [-0.3, -0.25) is 4.79 Å². The zero-order chi connectivity index (χ0) is 22.6. The van der Waals surface area contributed by atoms with Crippen molar-refractivity contribution in [3.05, 3.63) is 54.0 Å². The molecule has 3 heterocycles. The highest BCUT2D eigenvalue weighted by Gasteiger charge is 2.30. The molecule has 8 heteroatoms. The first-order chi connectivity index (χ1) is 16.2. The second kappa shape index (κ2) is 9.60. The molecule has 2 aliphatic rings. The Morgan fingerprint density at radius 3 is 2.79 bits per heavy atom. The van der Waals surface area contributed by atoms with E-state index in [4.69, 9.17) is 9.26 Å². The molecule has 172 valence electrons. The van der Waals surface area contributed by atoms with Crippen LogP contribution >= 0.6 is 0 Å². The minimum absolute atomic E-state index is 0.0693. The van der Waals surface area contributed by atoms with Crippen molar-refractivity contribution in [2.75, 3.05) is 25.1 Å². The Morgan fingerprint density at radius 1 is 1.18 bits per heavy atom. The number of carbonyl (C=O) groups is 1. The maximum absolute atomic E-state index is 12.9. The molecule has 5 rings (SSSR count). The summed E-state index contributed by atoms with van der Waals surface area (Å²) in [5.41, 5.74) is 1.90. The van der Waals surface area contributed by atoms with Gasteiger partial charge in [-0.05, 0) is 55.5 Å². The lowest BCUT2D eigenvalue weighted by Crippen LogP contribution is -2.43. The van der Waals surface area contributed by atoms with Gasteiger partial charge in [0.05, 0.1) is 18.6 Å². The summed E-state index contributed by atoms with van der Waals surface area (Å²) in [6.07, 6.45) is 7.01. The van der Waals surface area contributed by atoms with Crippen molar-refractivity contribution >= 4 is 11.7 Å².